The zero-order valence-corrected chi connectivity index (χ0v) is 21.4. The summed E-state index contributed by atoms with van der Waals surface area (Å²) >= 11 is 0. The standard InChI is InChI=1S/C29H27FN8/c1-17-6-8-31-16-23(17)18-4-5-24-22(14-18)27(37-36-24)29-34-25-7-9-33-26(28(25)35-29)19-12-20(30)15-21(13-19)32-10-11-38(2)3/h4-9,12-16,32H,10-11H2,1-3H3,(H,34,35)(H,36,37). The molecule has 3 N–H and O–H groups in total. The van der Waals surface area contributed by atoms with Gasteiger partial charge in [0.25, 0.3) is 0 Å². The van der Waals surface area contributed by atoms with E-state index in [4.69, 9.17) is 4.98 Å². The summed E-state index contributed by atoms with van der Waals surface area (Å²) in [5, 5.41) is 11.9. The lowest BCUT2D eigenvalue weighted by Gasteiger charge is -2.12. The van der Waals surface area contributed by atoms with Gasteiger partial charge in [0.05, 0.1) is 16.7 Å². The van der Waals surface area contributed by atoms with E-state index in [2.05, 4.69) is 54.4 Å². The predicted molar refractivity (Wildman–Crippen MR) is 149 cm³/mol. The summed E-state index contributed by atoms with van der Waals surface area (Å²) in [6, 6.07) is 14.9. The summed E-state index contributed by atoms with van der Waals surface area (Å²) < 4.78 is 14.6. The number of hydrogen-bond acceptors (Lipinski definition) is 6. The van der Waals surface area contributed by atoms with Crippen LogP contribution >= 0.6 is 0 Å². The van der Waals surface area contributed by atoms with Gasteiger partial charge in [-0.1, -0.05) is 6.07 Å². The number of nitrogens with zero attached hydrogens (tertiary/aromatic N) is 5. The molecule has 0 bridgehead atoms. The van der Waals surface area contributed by atoms with E-state index in [1.807, 2.05) is 44.6 Å². The zero-order valence-electron chi connectivity index (χ0n) is 21.4. The predicted octanol–water partition coefficient (Wildman–Crippen LogP) is 5.65. The first-order valence-electron chi connectivity index (χ1n) is 12.4. The highest BCUT2D eigenvalue weighted by atomic mass is 19.1. The number of hydrogen-bond donors (Lipinski definition) is 3. The molecule has 8 nitrogen and oxygen atoms in total. The van der Waals surface area contributed by atoms with Crippen molar-refractivity contribution in [2.24, 2.45) is 0 Å². The monoisotopic (exact) mass is 506 g/mol. The minimum Gasteiger partial charge on any atom is -0.384 e. The number of H-pyrrole nitrogens is 2. The third-order valence-electron chi connectivity index (χ3n) is 6.60. The Balaban J connectivity index is 1.41. The van der Waals surface area contributed by atoms with Crippen molar-refractivity contribution in [2.75, 3.05) is 32.5 Å². The average molecular weight is 507 g/mol. The van der Waals surface area contributed by atoms with E-state index in [0.29, 0.717) is 40.5 Å². The molecule has 0 atom stereocenters. The molecule has 6 aromatic rings. The number of likely N-dealkylation sites (N-methyl/N-ethyl adjacent to an activating group) is 1. The Bertz CT molecular complexity index is 1770. The van der Waals surface area contributed by atoms with Crippen molar-refractivity contribution < 1.29 is 4.39 Å². The maximum absolute atomic E-state index is 14.6. The first kappa shape index (κ1) is 23.7. The molecule has 0 saturated carbocycles. The third-order valence-corrected chi connectivity index (χ3v) is 6.60. The minimum absolute atomic E-state index is 0.332. The van der Waals surface area contributed by atoms with Gasteiger partial charge in [-0.2, -0.15) is 5.10 Å². The Hall–Kier alpha value is -4.63. The van der Waals surface area contributed by atoms with Crippen LogP contribution < -0.4 is 5.32 Å². The molecule has 0 fully saturated rings. The lowest BCUT2D eigenvalue weighted by Crippen LogP contribution is -2.20. The Morgan fingerprint density at radius 3 is 2.68 bits per heavy atom. The van der Waals surface area contributed by atoms with E-state index in [1.165, 1.54) is 12.1 Å². The Kier molecular flexibility index (Phi) is 6.05. The maximum Gasteiger partial charge on any atom is 0.159 e. The van der Waals surface area contributed by atoms with Gasteiger partial charge in [0.2, 0.25) is 0 Å². The molecule has 190 valence electrons. The Morgan fingerprint density at radius 2 is 1.84 bits per heavy atom. The highest BCUT2D eigenvalue weighted by Gasteiger charge is 2.17. The third kappa shape index (κ3) is 4.48. The average Bonchev–Trinajstić information content (AvgIpc) is 3.52. The quantitative estimate of drug-likeness (QED) is 0.259. The molecule has 0 saturated heterocycles. The van der Waals surface area contributed by atoms with Crippen molar-refractivity contribution >= 4 is 27.6 Å². The summed E-state index contributed by atoms with van der Waals surface area (Å²) in [4.78, 5) is 19.2. The normalized spacial score (nSPS) is 11.6. The van der Waals surface area contributed by atoms with E-state index in [-0.39, 0.29) is 5.82 Å². The fourth-order valence-corrected chi connectivity index (χ4v) is 4.64. The molecule has 0 aliphatic carbocycles. The molecule has 38 heavy (non-hydrogen) atoms. The van der Waals surface area contributed by atoms with Gasteiger partial charge in [-0.15, -0.1) is 0 Å². The van der Waals surface area contributed by atoms with Crippen LogP contribution in [0, 0.1) is 12.7 Å². The van der Waals surface area contributed by atoms with Crippen LogP contribution in [0.25, 0.3) is 55.8 Å². The molecule has 0 aliphatic rings. The molecule has 4 heterocycles. The SMILES string of the molecule is Cc1ccncc1-c1ccc2[nH]nc(-c3nc4c(-c5cc(F)cc(NCCN(C)C)c5)nccc4[nH]3)c2c1. The molecule has 6 rings (SSSR count). The zero-order chi connectivity index (χ0) is 26.2. The number of fused-ring (bicyclic) bond motifs is 2. The molecule has 0 radical (unpaired) electrons. The van der Waals surface area contributed by atoms with E-state index >= 15 is 0 Å². The fourth-order valence-electron chi connectivity index (χ4n) is 4.64. The Morgan fingerprint density at radius 1 is 0.947 bits per heavy atom. The van der Waals surface area contributed by atoms with E-state index in [0.717, 1.165) is 39.7 Å². The summed E-state index contributed by atoms with van der Waals surface area (Å²) in [5.74, 6) is 0.280. The van der Waals surface area contributed by atoms with Crippen LogP contribution in [-0.4, -0.2) is 62.2 Å². The molecular weight excluding hydrogens is 479 g/mol. The maximum atomic E-state index is 14.6. The number of imidazole rings is 1. The lowest BCUT2D eigenvalue weighted by atomic mass is 10.0. The van der Waals surface area contributed by atoms with Gasteiger partial charge in [-0.25, -0.2) is 9.37 Å². The van der Waals surface area contributed by atoms with Gasteiger partial charge in [-0.3, -0.25) is 15.1 Å². The molecular formula is C29H27FN8. The molecule has 0 amide bonds. The number of halogens is 1. The highest BCUT2D eigenvalue weighted by molar-refractivity contribution is 5.97. The van der Waals surface area contributed by atoms with Crippen LogP contribution in [0.5, 0.6) is 0 Å². The number of benzene rings is 2. The fraction of sp³-hybridized carbons (Fsp3) is 0.172. The van der Waals surface area contributed by atoms with Crippen molar-refractivity contribution in [1.29, 1.82) is 0 Å². The van der Waals surface area contributed by atoms with Gasteiger partial charge >= 0.3 is 0 Å². The summed E-state index contributed by atoms with van der Waals surface area (Å²) in [6.45, 7) is 3.61. The van der Waals surface area contributed by atoms with Crippen molar-refractivity contribution in [3.05, 3.63) is 78.5 Å². The topological polar surface area (TPSA) is 98.4 Å². The van der Waals surface area contributed by atoms with Crippen LogP contribution in [0.3, 0.4) is 0 Å². The second kappa shape index (κ2) is 9.68. The molecule has 9 heteroatoms. The highest BCUT2D eigenvalue weighted by Crippen LogP contribution is 2.33. The van der Waals surface area contributed by atoms with Gasteiger partial charge < -0.3 is 15.2 Å². The number of rotatable bonds is 7. The first-order chi connectivity index (χ1) is 18.5. The van der Waals surface area contributed by atoms with Crippen molar-refractivity contribution in [3.63, 3.8) is 0 Å². The van der Waals surface area contributed by atoms with Crippen LogP contribution in [-0.2, 0) is 0 Å². The summed E-state index contributed by atoms with van der Waals surface area (Å²) in [6.07, 6.45) is 5.37. The lowest BCUT2D eigenvalue weighted by molar-refractivity contribution is 0.425. The molecule has 4 aromatic heterocycles. The van der Waals surface area contributed by atoms with Gasteiger partial charge in [-0.05, 0) is 74.6 Å². The first-order valence-corrected chi connectivity index (χ1v) is 12.4. The van der Waals surface area contributed by atoms with Crippen molar-refractivity contribution in [2.45, 2.75) is 6.92 Å². The van der Waals surface area contributed by atoms with Crippen molar-refractivity contribution in [3.8, 4) is 33.9 Å². The van der Waals surface area contributed by atoms with E-state index < -0.39 is 0 Å². The van der Waals surface area contributed by atoms with E-state index in [1.54, 1.807) is 12.4 Å². The summed E-state index contributed by atoms with van der Waals surface area (Å²) in [7, 11) is 4.00. The molecule has 0 unspecified atom stereocenters. The number of anilines is 1. The van der Waals surface area contributed by atoms with Gasteiger partial charge in [0.1, 0.15) is 17.0 Å². The van der Waals surface area contributed by atoms with Crippen LogP contribution in [0.4, 0.5) is 10.1 Å². The Labute approximate surface area is 219 Å². The molecule has 0 aliphatic heterocycles. The number of aryl methyl sites for hydroxylation is 1. The van der Waals surface area contributed by atoms with Crippen LogP contribution in [0.1, 0.15) is 5.56 Å². The minimum atomic E-state index is -0.332. The van der Waals surface area contributed by atoms with Gasteiger partial charge in [0.15, 0.2) is 5.82 Å². The van der Waals surface area contributed by atoms with Gasteiger partial charge in [0, 0.05) is 53.9 Å². The van der Waals surface area contributed by atoms with E-state index in [9.17, 15) is 4.39 Å². The van der Waals surface area contributed by atoms with Crippen LogP contribution in [0.15, 0.2) is 67.1 Å². The molecule has 0 spiro atoms. The number of nitrogens with one attached hydrogen (secondary N) is 3. The van der Waals surface area contributed by atoms with Crippen LogP contribution in [0.2, 0.25) is 0 Å². The summed E-state index contributed by atoms with van der Waals surface area (Å²) in [5.41, 5.74) is 8.29. The second-order valence-corrected chi connectivity index (χ2v) is 9.62. The smallest absolute Gasteiger partial charge is 0.159 e. The molecule has 2 aromatic carbocycles. The number of pyridine rings is 2. The number of aromatic nitrogens is 6. The largest absolute Gasteiger partial charge is 0.384 e. The second-order valence-electron chi connectivity index (χ2n) is 9.62. The number of aromatic amines is 2. The van der Waals surface area contributed by atoms with Crippen molar-refractivity contribution in [1.82, 2.24) is 35.0 Å².